The predicted molar refractivity (Wildman–Crippen MR) is 49.1 cm³/mol. The number of carbonyl (C=O) groups is 1. The molecule has 1 aliphatic heterocycles. The highest BCUT2D eigenvalue weighted by Gasteiger charge is 2.13. The summed E-state index contributed by atoms with van der Waals surface area (Å²) >= 11 is 0. The lowest BCUT2D eigenvalue weighted by atomic mass is 10.1. The first-order valence-electron chi connectivity index (χ1n) is 4.16. The molecule has 0 unspecified atom stereocenters. The predicted octanol–water partition coefficient (Wildman–Crippen LogP) is 2.07. The molecule has 5 nitrogen and oxygen atoms in total. The molecular formula is C9H7N3O2. The summed E-state index contributed by atoms with van der Waals surface area (Å²) in [5.41, 5.74) is 9.50. The summed E-state index contributed by atoms with van der Waals surface area (Å²) < 4.78 is 5.28. The average molecular weight is 189 g/mol. The van der Waals surface area contributed by atoms with Gasteiger partial charge in [-0.3, -0.25) is 4.79 Å². The van der Waals surface area contributed by atoms with Crippen molar-refractivity contribution in [3.05, 3.63) is 39.8 Å². The normalized spacial score (nSPS) is 12.6. The molecule has 1 aromatic rings. The molecule has 0 atom stereocenters. The monoisotopic (exact) mass is 189 g/mol. The van der Waals surface area contributed by atoms with Crippen LogP contribution in [0.25, 0.3) is 10.4 Å². The van der Waals surface area contributed by atoms with Crippen molar-refractivity contribution in [3.8, 4) is 5.75 Å². The van der Waals surface area contributed by atoms with Gasteiger partial charge >= 0.3 is 0 Å². The van der Waals surface area contributed by atoms with Crippen LogP contribution in [0.15, 0.2) is 23.3 Å². The third kappa shape index (κ3) is 1.41. The van der Waals surface area contributed by atoms with Gasteiger partial charge in [-0.05, 0) is 34.4 Å². The Morgan fingerprint density at radius 1 is 1.57 bits per heavy atom. The summed E-state index contributed by atoms with van der Waals surface area (Å²) in [4.78, 5) is 13.6. The van der Waals surface area contributed by atoms with Gasteiger partial charge in [-0.25, -0.2) is 0 Å². The van der Waals surface area contributed by atoms with Crippen LogP contribution in [-0.2, 0) is 6.42 Å². The minimum Gasteiger partial charge on any atom is -0.493 e. The molecule has 0 aromatic heterocycles. The van der Waals surface area contributed by atoms with E-state index in [-0.39, 0.29) is 0 Å². The third-order valence-corrected chi connectivity index (χ3v) is 2.07. The van der Waals surface area contributed by atoms with Crippen LogP contribution in [-0.4, -0.2) is 12.5 Å². The number of hydrogen-bond donors (Lipinski definition) is 0. The fraction of sp³-hybridized carbons (Fsp3) is 0.222. The Morgan fingerprint density at radius 2 is 2.43 bits per heavy atom. The number of benzene rings is 1. The zero-order chi connectivity index (χ0) is 9.97. The number of hydrogen-bond acceptors (Lipinski definition) is 2. The number of rotatable bonds is 1. The molecule has 0 saturated heterocycles. The van der Waals surface area contributed by atoms with E-state index in [0.717, 1.165) is 17.7 Å². The molecule has 0 radical (unpaired) electrons. The van der Waals surface area contributed by atoms with Gasteiger partial charge in [0.25, 0.3) is 0 Å². The van der Waals surface area contributed by atoms with Gasteiger partial charge in [-0.1, -0.05) is 0 Å². The number of azide groups is 1. The second-order valence-corrected chi connectivity index (χ2v) is 2.92. The van der Waals surface area contributed by atoms with Crippen LogP contribution in [0.3, 0.4) is 0 Å². The minimum absolute atomic E-state index is 0.409. The molecule has 0 fully saturated rings. The lowest BCUT2D eigenvalue weighted by Gasteiger charge is -1.99. The van der Waals surface area contributed by atoms with Crippen LogP contribution in [0.4, 0.5) is 0 Å². The van der Waals surface area contributed by atoms with Crippen molar-refractivity contribution in [1.29, 1.82) is 0 Å². The first kappa shape index (κ1) is 8.59. The summed E-state index contributed by atoms with van der Waals surface area (Å²) in [6.45, 7) is 0.647. The molecule has 14 heavy (non-hydrogen) atoms. The maximum atomic E-state index is 11.2. The highest BCUT2D eigenvalue weighted by atomic mass is 16.5. The summed E-state index contributed by atoms with van der Waals surface area (Å²) in [5, 5.41) is 3.02. The first-order chi connectivity index (χ1) is 6.81. The van der Waals surface area contributed by atoms with E-state index >= 15 is 0 Å². The first-order valence-corrected chi connectivity index (χ1v) is 4.16. The largest absolute Gasteiger partial charge is 0.493 e. The smallest absolute Gasteiger partial charge is 0.249 e. The highest BCUT2D eigenvalue weighted by molar-refractivity contribution is 5.95. The van der Waals surface area contributed by atoms with Crippen molar-refractivity contribution in [2.24, 2.45) is 5.11 Å². The molecule has 5 heteroatoms. The van der Waals surface area contributed by atoms with Gasteiger partial charge < -0.3 is 4.74 Å². The second kappa shape index (κ2) is 3.40. The van der Waals surface area contributed by atoms with Crippen molar-refractivity contribution in [2.75, 3.05) is 6.61 Å². The molecule has 0 N–H and O–H groups in total. The van der Waals surface area contributed by atoms with E-state index in [0.29, 0.717) is 12.2 Å². The SMILES string of the molecule is [N-]=[N+]=NC(=O)c1ccc2c(c1)CCO2. The Labute approximate surface area is 79.9 Å². The van der Waals surface area contributed by atoms with E-state index < -0.39 is 5.91 Å². The third-order valence-electron chi connectivity index (χ3n) is 2.07. The fourth-order valence-corrected chi connectivity index (χ4v) is 1.42. The van der Waals surface area contributed by atoms with Crippen molar-refractivity contribution >= 4 is 5.91 Å². The van der Waals surface area contributed by atoms with Crippen molar-refractivity contribution in [1.82, 2.24) is 0 Å². The van der Waals surface area contributed by atoms with E-state index in [9.17, 15) is 4.79 Å². The molecular weight excluding hydrogens is 182 g/mol. The molecule has 70 valence electrons. The summed E-state index contributed by atoms with van der Waals surface area (Å²) in [6, 6.07) is 5.03. The van der Waals surface area contributed by atoms with Crippen molar-refractivity contribution < 1.29 is 9.53 Å². The maximum absolute atomic E-state index is 11.2. The molecule has 1 aromatic carbocycles. The Bertz CT molecular complexity index is 436. The fourth-order valence-electron chi connectivity index (χ4n) is 1.42. The van der Waals surface area contributed by atoms with Crippen LogP contribution in [0.1, 0.15) is 15.9 Å². The number of carbonyl (C=O) groups excluding carboxylic acids is 1. The lowest BCUT2D eigenvalue weighted by Crippen LogP contribution is -1.93. The number of fused-ring (bicyclic) bond motifs is 1. The van der Waals surface area contributed by atoms with Crippen LogP contribution in [0, 0.1) is 0 Å². The van der Waals surface area contributed by atoms with Gasteiger partial charge in [0.2, 0.25) is 5.91 Å². The maximum Gasteiger partial charge on any atom is 0.249 e. The molecule has 0 saturated carbocycles. The molecule has 2 rings (SSSR count). The standard InChI is InChI=1S/C9H7N3O2/c10-12-11-9(13)7-1-2-8-6(5-7)3-4-14-8/h1-2,5H,3-4H2. The molecule has 0 bridgehead atoms. The van der Waals surface area contributed by atoms with E-state index in [1.54, 1.807) is 18.2 Å². The van der Waals surface area contributed by atoms with E-state index in [1.165, 1.54) is 0 Å². The van der Waals surface area contributed by atoms with E-state index in [4.69, 9.17) is 10.3 Å². The van der Waals surface area contributed by atoms with Crippen LogP contribution < -0.4 is 4.74 Å². The molecule has 0 spiro atoms. The van der Waals surface area contributed by atoms with Gasteiger partial charge in [0.05, 0.1) is 6.61 Å². The second-order valence-electron chi connectivity index (χ2n) is 2.92. The Hall–Kier alpha value is -2.00. The van der Waals surface area contributed by atoms with E-state index in [2.05, 4.69) is 10.0 Å². The van der Waals surface area contributed by atoms with Gasteiger partial charge in [0.1, 0.15) is 5.75 Å². The Kier molecular flexibility index (Phi) is 2.08. The zero-order valence-corrected chi connectivity index (χ0v) is 7.30. The van der Waals surface area contributed by atoms with Crippen molar-refractivity contribution in [3.63, 3.8) is 0 Å². The number of amides is 1. The molecule has 1 heterocycles. The number of nitrogens with zero attached hydrogens (tertiary/aromatic N) is 3. The van der Waals surface area contributed by atoms with Gasteiger partial charge in [0, 0.05) is 16.9 Å². The zero-order valence-electron chi connectivity index (χ0n) is 7.30. The summed E-state index contributed by atoms with van der Waals surface area (Å²) in [6.07, 6.45) is 0.798. The summed E-state index contributed by atoms with van der Waals surface area (Å²) in [5.74, 6) is 0.254. The highest BCUT2D eigenvalue weighted by Crippen LogP contribution is 2.25. The van der Waals surface area contributed by atoms with Gasteiger partial charge in [-0.2, -0.15) is 0 Å². The van der Waals surface area contributed by atoms with Gasteiger partial charge in [0.15, 0.2) is 0 Å². The van der Waals surface area contributed by atoms with E-state index in [1.807, 2.05) is 0 Å². The lowest BCUT2D eigenvalue weighted by molar-refractivity contribution is 0.100. The van der Waals surface area contributed by atoms with Crippen LogP contribution in [0.5, 0.6) is 5.75 Å². The average Bonchev–Trinajstić information content (AvgIpc) is 2.64. The Balaban J connectivity index is 2.37. The Morgan fingerprint density at radius 3 is 3.21 bits per heavy atom. The molecule has 1 amide bonds. The number of ether oxygens (including phenoxy) is 1. The quantitative estimate of drug-likeness (QED) is 0.385. The van der Waals surface area contributed by atoms with Crippen LogP contribution in [0.2, 0.25) is 0 Å². The minimum atomic E-state index is -0.554. The van der Waals surface area contributed by atoms with Crippen LogP contribution >= 0.6 is 0 Å². The topological polar surface area (TPSA) is 75.1 Å². The van der Waals surface area contributed by atoms with Crippen molar-refractivity contribution in [2.45, 2.75) is 6.42 Å². The molecule has 0 aliphatic carbocycles. The summed E-state index contributed by atoms with van der Waals surface area (Å²) in [7, 11) is 0. The van der Waals surface area contributed by atoms with Gasteiger partial charge in [-0.15, -0.1) is 0 Å². The molecule has 1 aliphatic rings.